The lowest BCUT2D eigenvalue weighted by atomic mass is 9.82. The lowest BCUT2D eigenvalue weighted by Crippen LogP contribution is -2.51. The van der Waals surface area contributed by atoms with Gasteiger partial charge in [0.1, 0.15) is 5.54 Å². The number of urea groups is 1. The smallest absolute Gasteiger partial charge is 0.322 e. The molecular weight excluding hydrogens is 362 g/mol. The number of amides is 4. The van der Waals surface area contributed by atoms with E-state index in [9.17, 15) is 14.4 Å². The molecule has 7 heteroatoms. The van der Waals surface area contributed by atoms with E-state index < -0.39 is 11.6 Å². The lowest BCUT2D eigenvalue weighted by Gasteiger charge is -2.30. The molecule has 2 N–H and O–H groups in total. The summed E-state index contributed by atoms with van der Waals surface area (Å²) in [6, 6.07) is 7.57. The predicted molar refractivity (Wildman–Crippen MR) is 105 cm³/mol. The maximum atomic E-state index is 12.7. The molecule has 3 rings (SSSR count). The van der Waals surface area contributed by atoms with Gasteiger partial charge in [-0.2, -0.15) is 5.01 Å². The maximum absolute atomic E-state index is 12.7. The van der Waals surface area contributed by atoms with Crippen LogP contribution in [0.5, 0.6) is 0 Å². The quantitative estimate of drug-likeness (QED) is 0.611. The first-order valence-electron chi connectivity index (χ1n) is 9.41. The number of hydrogen-bond acceptors (Lipinski definition) is 4. The SMILES string of the molecule is CC(C)(C)c1ccc(SCC(=O)NN2C(=O)NC3(CCCCC3)C2=O)cc1. The first-order chi connectivity index (χ1) is 12.7. The summed E-state index contributed by atoms with van der Waals surface area (Å²) >= 11 is 1.38. The van der Waals surface area contributed by atoms with Crippen molar-refractivity contribution in [2.24, 2.45) is 0 Å². The molecule has 1 aromatic carbocycles. The third-order valence-electron chi connectivity index (χ3n) is 5.20. The van der Waals surface area contributed by atoms with Crippen molar-refractivity contribution in [1.82, 2.24) is 15.8 Å². The van der Waals surface area contributed by atoms with Gasteiger partial charge in [0, 0.05) is 4.90 Å². The minimum Gasteiger partial charge on any atom is -0.322 e. The highest BCUT2D eigenvalue weighted by Crippen LogP contribution is 2.33. The summed E-state index contributed by atoms with van der Waals surface area (Å²) in [5.74, 6) is -0.560. The van der Waals surface area contributed by atoms with Gasteiger partial charge in [0.05, 0.1) is 5.75 Å². The Bertz CT molecular complexity index is 734. The summed E-state index contributed by atoms with van der Waals surface area (Å²) in [5.41, 5.74) is 2.96. The van der Waals surface area contributed by atoms with Crippen molar-refractivity contribution in [3.05, 3.63) is 29.8 Å². The standard InChI is InChI=1S/C20H27N3O3S/c1-19(2,3)14-7-9-15(10-8-14)27-13-16(24)22-23-17(25)20(21-18(23)26)11-5-4-6-12-20/h7-10H,4-6,11-13H2,1-3H3,(H,21,26)(H,22,24). The van der Waals surface area contributed by atoms with Crippen LogP contribution in [-0.4, -0.2) is 34.1 Å². The Kier molecular flexibility index (Phi) is 5.51. The van der Waals surface area contributed by atoms with Crippen LogP contribution in [0.2, 0.25) is 0 Å². The molecule has 0 radical (unpaired) electrons. The van der Waals surface area contributed by atoms with Gasteiger partial charge in [0.2, 0.25) is 5.91 Å². The Morgan fingerprint density at radius 3 is 2.37 bits per heavy atom. The Hall–Kier alpha value is -2.02. The molecule has 0 atom stereocenters. The molecule has 27 heavy (non-hydrogen) atoms. The van der Waals surface area contributed by atoms with Gasteiger partial charge in [-0.1, -0.05) is 52.2 Å². The highest BCUT2D eigenvalue weighted by atomic mass is 32.2. The van der Waals surface area contributed by atoms with Crippen molar-refractivity contribution < 1.29 is 14.4 Å². The Labute approximate surface area is 164 Å². The fraction of sp³-hybridized carbons (Fsp3) is 0.550. The predicted octanol–water partition coefficient (Wildman–Crippen LogP) is 3.36. The number of carbonyl (C=O) groups excluding carboxylic acids is 3. The van der Waals surface area contributed by atoms with Crippen LogP contribution >= 0.6 is 11.8 Å². The molecule has 6 nitrogen and oxygen atoms in total. The zero-order valence-electron chi connectivity index (χ0n) is 16.1. The number of nitrogens with one attached hydrogen (secondary N) is 2. The number of carbonyl (C=O) groups is 3. The highest BCUT2D eigenvalue weighted by Gasteiger charge is 2.52. The van der Waals surface area contributed by atoms with E-state index >= 15 is 0 Å². The van der Waals surface area contributed by atoms with Crippen LogP contribution in [0.25, 0.3) is 0 Å². The Morgan fingerprint density at radius 1 is 1.15 bits per heavy atom. The third-order valence-corrected chi connectivity index (χ3v) is 6.21. The molecule has 1 saturated heterocycles. The number of rotatable bonds is 4. The summed E-state index contributed by atoms with van der Waals surface area (Å²) in [4.78, 5) is 38.1. The largest absolute Gasteiger partial charge is 0.344 e. The van der Waals surface area contributed by atoms with Gasteiger partial charge in [-0.25, -0.2) is 4.79 Å². The molecule has 1 aliphatic carbocycles. The van der Waals surface area contributed by atoms with E-state index in [-0.39, 0.29) is 23.0 Å². The second-order valence-corrected chi connectivity index (χ2v) is 9.36. The zero-order valence-corrected chi connectivity index (χ0v) is 16.9. The van der Waals surface area contributed by atoms with Gasteiger partial charge in [-0.3, -0.25) is 15.0 Å². The summed E-state index contributed by atoms with van der Waals surface area (Å²) < 4.78 is 0. The van der Waals surface area contributed by atoms with Crippen molar-refractivity contribution in [2.75, 3.05) is 5.75 Å². The van der Waals surface area contributed by atoms with Crippen molar-refractivity contribution >= 4 is 29.6 Å². The fourth-order valence-electron chi connectivity index (χ4n) is 3.57. The topological polar surface area (TPSA) is 78.5 Å². The summed E-state index contributed by atoms with van der Waals surface area (Å²) in [6.07, 6.45) is 4.17. The normalized spacial score (nSPS) is 19.3. The first-order valence-corrected chi connectivity index (χ1v) is 10.4. The van der Waals surface area contributed by atoms with Gasteiger partial charge in [-0.15, -0.1) is 11.8 Å². The summed E-state index contributed by atoms with van der Waals surface area (Å²) in [6.45, 7) is 6.46. The average Bonchev–Trinajstić information content (AvgIpc) is 2.84. The minimum atomic E-state index is -0.821. The van der Waals surface area contributed by atoms with Crippen LogP contribution in [0.1, 0.15) is 58.4 Å². The molecule has 146 valence electrons. The van der Waals surface area contributed by atoms with E-state index in [1.807, 2.05) is 12.1 Å². The second kappa shape index (κ2) is 7.54. The van der Waals surface area contributed by atoms with Crippen molar-refractivity contribution in [3.63, 3.8) is 0 Å². The van der Waals surface area contributed by atoms with E-state index in [2.05, 4.69) is 43.6 Å². The molecule has 0 unspecified atom stereocenters. The maximum Gasteiger partial charge on any atom is 0.344 e. The van der Waals surface area contributed by atoms with Gasteiger partial charge >= 0.3 is 6.03 Å². The number of thioether (sulfide) groups is 1. The number of hydrogen-bond donors (Lipinski definition) is 2. The van der Waals surface area contributed by atoms with E-state index in [1.54, 1.807) is 0 Å². The molecular formula is C20H27N3O3S. The number of hydrazine groups is 1. The van der Waals surface area contributed by atoms with Crippen LogP contribution in [0.15, 0.2) is 29.2 Å². The molecule has 1 spiro atoms. The summed E-state index contributed by atoms with van der Waals surface area (Å²) in [5, 5.41) is 3.64. The van der Waals surface area contributed by atoms with Gasteiger partial charge in [0.25, 0.3) is 5.91 Å². The molecule has 0 bridgehead atoms. The second-order valence-electron chi connectivity index (χ2n) is 8.31. The average molecular weight is 390 g/mol. The Morgan fingerprint density at radius 2 is 1.78 bits per heavy atom. The molecule has 1 heterocycles. The first kappa shape index (κ1) is 19.7. The minimum absolute atomic E-state index is 0.0825. The molecule has 1 aliphatic heterocycles. The van der Waals surface area contributed by atoms with E-state index in [1.165, 1.54) is 17.3 Å². The molecule has 1 aromatic rings. The van der Waals surface area contributed by atoms with Crippen molar-refractivity contribution in [3.8, 4) is 0 Å². The monoisotopic (exact) mass is 389 g/mol. The number of imide groups is 1. The Balaban J connectivity index is 1.55. The third kappa shape index (κ3) is 4.29. The molecule has 4 amide bonds. The van der Waals surface area contributed by atoms with Crippen molar-refractivity contribution in [1.29, 1.82) is 0 Å². The van der Waals surface area contributed by atoms with Crippen LogP contribution in [0, 0.1) is 0 Å². The molecule has 1 saturated carbocycles. The van der Waals surface area contributed by atoms with E-state index in [0.29, 0.717) is 12.8 Å². The fourth-order valence-corrected chi connectivity index (χ4v) is 4.26. The van der Waals surface area contributed by atoms with Crippen molar-refractivity contribution in [2.45, 2.75) is 68.7 Å². The number of benzene rings is 1. The zero-order chi connectivity index (χ0) is 19.7. The van der Waals surface area contributed by atoms with E-state index in [0.717, 1.165) is 29.2 Å². The molecule has 2 fully saturated rings. The van der Waals surface area contributed by atoms with Gasteiger partial charge < -0.3 is 5.32 Å². The molecule has 0 aromatic heterocycles. The van der Waals surface area contributed by atoms with Crippen LogP contribution in [-0.2, 0) is 15.0 Å². The highest BCUT2D eigenvalue weighted by molar-refractivity contribution is 8.00. The van der Waals surface area contributed by atoms with Crippen LogP contribution < -0.4 is 10.7 Å². The van der Waals surface area contributed by atoms with Gasteiger partial charge in [0.15, 0.2) is 0 Å². The molecule has 2 aliphatic rings. The summed E-state index contributed by atoms with van der Waals surface area (Å²) in [7, 11) is 0. The lowest BCUT2D eigenvalue weighted by molar-refractivity contribution is -0.139. The number of nitrogens with zero attached hydrogens (tertiary/aromatic N) is 1. The van der Waals surface area contributed by atoms with E-state index in [4.69, 9.17) is 0 Å². The van der Waals surface area contributed by atoms with Crippen LogP contribution in [0.3, 0.4) is 0 Å². The van der Waals surface area contributed by atoms with Gasteiger partial charge in [-0.05, 0) is 36.0 Å². The van der Waals surface area contributed by atoms with Crippen LogP contribution in [0.4, 0.5) is 4.79 Å².